The minimum Gasteiger partial charge on any atom is -0.459 e. The van der Waals surface area contributed by atoms with Gasteiger partial charge in [-0.15, -0.1) is 11.3 Å². The monoisotopic (exact) mass is 516 g/mol. The number of carbonyl (C=O) groups is 2. The number of nitrogens with one attached hydrogen (secondary N) is 2. The number of amides is 2. The summed E-state index contributed by atoms with van der Waals surface area (Å²) in [6, 6.07) is 14.3. The number of fused-ring (bicyclic) bond motifs is 2. The number of pyridine rings is 1. The van der Waals surface area contributed by atoms with Crippen LogP contribution in [0, 0.1) is 11.3 Å². The zero-order chi connectivity index (χ0) is 26.2. The van der Waals surface area contributed by atoms with E-state index in [9.17, 15) is 9.59 Å². The fraction of sp³-hybridized carbons (Fsp3) is 0.345. The maximum absolute atomic E-state index is 13.2. The summed E-state index contributed by atoms with van der Waals surface area (Å²) in [6.45, 7) is 7.16. The molecule has 8 heteroatoms. The molecule has 0 saturated carbocycles. The van der Waals surface area contributed by atoms with E-state index in [1.807, 2.05) is 18.2 Å². The number of hydrogen-bond donors (Lipinski definition) is 3. The van der Waals surface area contributed by atoms with Crippen molar-refractivity contribution < 1.29 is 14.0 Å². The van der Waals surface area contributed by atoms with Gasteiger partial charge in [-0.1, -0.05) is 32.9 Å². The summed E-state index contributed by atoms with van der Waals surface area (Å²) in [5.74, 6) is 0.384. The van der Waals surface area contributed by atoms with Gasteiger partial charge in [-0.2, -0.15) is 0 Å². The largest absolute Gasteiger partial charge is 0.459 e. The van der Waals surface area contributed by atoms with Crippen LogP contribution in [0.25, 0.3) is 10.2 Å². The van der Waals surface area contributed by atoms with Crippen LogP contribution in [0.4, 0.5) is 5.69 Å². The molecule has 3 heterocycles. The summed E-state index contributed by atoms with van der Waals surface area (Å²) in [5.41, 5.74) is 10.2. The summed E-state index contributed by atoms with van der Waals surface area (Å²) in [6.07, 6.45) is 4.62. The third-order valence-corrected chi connectivity index (χ3v) is 8.22. The fourth-order valence-corrected chi connectivity index (χ4v) is 5.82. The van der Waals surface area contributed by atoms with E-state index in [4.69, 9.17) is 15.1 Å². The third kappa shape index (κ3) is 5.45. The number of benzene rings is 1. The first-order valence-corrected chi connectivity index (χ1v) is 13.4. The van der Waals surface area contributed by atoms with E-state index in [2.05, 4.69) is 37.5 Å². The van der Waals surface area contributed by atoms with Gasteiger partial charge in [-0.25, -0.2) is 4.98 Å². The van der Waals surface area contributed by atoms with Crippen molar-refractivity contribution in [3.8, 4) is 0 Å². The molecule has 1 aliphatic rings. The highest BCUT2D eigenvalue weighted by atomic mass is 32.1. The number of nitrogens with two attached hydrogens (primary N) is 1. The maximum Gasteiger partial charge on any atom is 0.291 e. The van der Waals surface area contributed by atoms with Crippen molar-refractivity contribution in [3.63, 3.8) is 0 Å². The molecule has 0 fully saturated rings. The van der Waals surface area contributed by atoms with Gasteiger partial charge in [0.05, 0.1) is 17.2 Å². The van der Waals surface area contributed by atoms with Gasteiger partial charge >= 0.3 is 0 Å². The predicted molar refractivity (Wildman–Crippen MR) is 147 cm³/mol. The molecule has 2 amide bonds. The minimum atomic E-state index is -0.360. The van der Waals surface area contributed by atoms with E-state index in [0.717, 1.165) is 35.0 Å². The molecule has 0 saturated heterocycles. The average molecular weight is 517 g/mol. The first kappa shape index (κ1) is 25.2. The fourth-order valence-electron chi connectivity index (χ4n) is 4.88. The maximum atomic E-state index is 13.2. The van der Waals surface area contributed by atoms with E-state index in [0.29, 0.717) is 16.5 Å². The Hall–Kier alpha value is -3.49. The Kier molecular flexibility index (Phi) is 6.88. The van der Waals surface area contributed by atoms with Crippen LogP contribution in [0.2, 0.25) is 0 Å². The van der Waals surface area contributed by atoms with Crippen LogP contribution in [0.1, 0.15) is 70.3 Å². The third-order valence-electron chi connectivity index (χ3n) is 7.18. The Balaban J connectivity index is 1.28. The number of nitrogens with zero attached hydrogens (tertiary/aromatic N) is 1. The highest BCUT2D eigenvalue weighted by molar-refractivity contribution is 7.20. The molecule has 0 bridgehead atoms. The van der Waals surface area contributed by atoms with Gasteiger partial charge in [0.2, 0.25) is 0 Å². The quantitative estimate of drug-likeness (QED) is 0.303. The lowest BCUT2D eigenvalue weighted by Gasteiger charge is -2.34. The molecule has 192 valence electrons. The Bertz CT molecular complexity index is 1420. The predicted octanol–water partition coefficient (Wildman–Crippen LogP) is 5.72. The van der Waals surface area contributed by atoms with Crippen LogP contribution >= 0.6 is 11.3 Å². The molecule has 4 aromatic rings. The smallest absolute Gasteiger partial charge is 0.291 e. The highest BCUT2D eigenvalue weighted by Crippen LogP contribution is 2.38. The second-order valence-corrected chi connectivity index (χ2v) is 11.8. The average Bonchev–Trinajstić information content (AvgIpc) is 3.55. The molecule has 1 aromatic carbocycles. The number of hydrogen-bond acceptors (Lipinski definition) is 6. The normalized spacial score (nSPS) is 16.3. The van der Waals surface area contributed by atoms with Gasteiger partial charge < -0.3 is 20.8 Å². The second-order valence-electron chi connectivity index (χ2n) is 10.7. The number of rotatable bonds is 6. The SMILES string of the molecule is CC(C)(C)[C@@H]1CCc2nc3sc(C(=O)N[C@H](CN)c4ccc(NC(=O)c5ccco5)cc4)cc3cc2C1. The van der Waals surface area contributed by atoms with Crippen molar-refractivity contribution in [3.05, 3.63) is 82.3 Å². The summed E-state index contributed by atoms with van der Waals surface area (Å²) in [7, 11) is 0. The Morgan fingerprint density at radius 2 is 1.95 bits per heavy atom. The summed E-state index contributed by atoms with van der Waals surface area (Å²) >= 11 is 1.42. The molecule has 7 nitrogen and oxygen atoms in total. The molecule has 0 aliphatic heterocycles. The summed E-state index contributed by atoms with van der Waals surface area (Å²) < 4.78 is 5.12. The van der Waals surface area contributed by atoms with Crippen molar-refractivity contribution in [2.24, 2.45) is 17.1 Å². The lowest BCUT2D eigenvalue weighted by molar-refractivity contribution is 0.0941. The lowest BCUT2D eigenvalue weighted by Crippen LogP contribution is -2.32. The lowest BCUT2D eigenvalue weighted by atomic mass is 9.71. The van der Waals surface area contributed by atoms with Crippen LogP contribution in [-0.2, 0) is 12.8 Å². The summed E-state index contributed by atoms with van der Waals surface area (Å²) in [4.78, 5) is 31.8. The zero-order valence-electron chi connectivity index (χ0n) is 21.3. The molecule has 37 heavy (non-hydrogen) atoms. The van der Waals surface area contributed by atoms with E-state index in [1.165, 1.54) is 28.9 Å². The van der Waals surface area contributed by atoms with Gasteiger partial charge in [0.1, 0.15) is 4.83 Å². The van der Waals surface area contributed by atoms with E-state index in [-0.39, 0.29) is 35.6 Å². The van der Waals surface area contributed by atoms with Crippen molar-refractivity contribution in [1.29, 1.82) is 0 Å². The highest BCUT2D eigenvalue weighted by Gasteiger charge is 2.30. The molecule has 2 atom stereocenters. The van der Waals surface area contributed by atoms with Crippen LogP contribution in [0.3, 0.4) is 0 Å². The van der Waals surface area contributed by atoms with Crippen molar-refractivity contribution in [2.45, 2.75) is 46.1 Å². The van der Waals surface area contributed by atoms with Crippen molar-refractivity contribution in [1.82, 2.24) is 10.3 Å². The number of carbonyl (C=O) groups excluding carboxylic acids is 2. The molecular weight excluding hydrogens is 484 g/mol. The number of furan rings is 1. The van der Waals surface area contributed by atoms with Gasteiger partial charge in [0, 0.05) is 23.3 Å². The number of aromatic nitrogens is 1. The standard InChI is InChI=1S/C29H32N4O3S/c1-29(2,3)20-8-11-22-18(14-20)13-19-15-25(37-28(19)33-22)27(35)32-23(16-30)17-6-9-21(10-7-17)31-26(34)24-5-4-12-36-24/h4-7,9-10,12-13,15,20,23H,8,11,14,16,30H2,1-3H3,(H,31,34)(H,32,35)/t20-,23-/m1/s1. The summed E-state index contributed by atoms with van der Waals surface area (Å²) in [5, 5.41) is 6.86. The molecule has 4 N–H and O–H groups in total. The van der Waals surface area contributed by atoms with Crippen LogP contribution in [0.15, 0.2) is 59.2 Å². The molecule has 0 radical (unpaired) electrons. The Morgan fingerprint density at radius 1 is 1.16 bits per heavy atom. The van der Waals surface area contributed by atoms with Crippen LogP contribution in [-0.4, -0.2) is 23.3 Å². The molecule has 0 spiro atoms. The number of aryl methyl sites for hydroxylation is 1. The van der Waals surface area contributed by atoms with Gasteiger partial charge in [0.25, 0.3) is 11.8 Å². The van der Waals surface area contributed by atoms with Gasteiger partial charge in [-0.05, 0) is 78.1 Å². The Morgan fingerprint density at radius 3 is 2.62 bits per heavy atom. The molecule has 5 rings (SSSR count). The first-order valence-electron chi connectivity index (χ1n) is 12.6. The van der Waals surface area contributed by atoms with Crippen molar-refractivity contribution >= 4 is 39.1 Å². The molecular formula is C29H32N4O3S. The van der Waals surface area contributed by atoms with Gasteiger partial charge in [-0.3, -0.25) is 9.59 Å². The molecule has 3 aromatic heterocycles. The van der Waals surface area contributed by atoms with Crippen LogP contribution in [0.5, 0.6) is 0 Å². The van der Waals surface area contributed by atoms with Gasteiger partial charge in [0.15, 0.2) is 5.76 Å². The van der Waals surface area contributed by atoms with E-state index < -0.39 is 0 Å². The topological polar surface area (TPSA) is 110 Å². The molecule has 0 unspecified atom stereocenters. The zero-order valence-corrected chi connectivity index (χ0v) is 22.2. The molecule has 1 aliphatic carbocycles. The van der Waals surface area contributed by atoms with E-state index >= 15 is 0 Å². The van der Waals surface area contributed by atoms with Crippen molar-refractivity contribution in [2.75, 3.05) is 11.9 Å². The number of thiophene rings is 1. The minimum absolute atomic E-state index is 0.167. The number of anilines is 1. The Labute approximate surface area is 220 Å². The second kappa shape index (κ2) is 10.1. The van der Waals surface area contributed by atoms with E-state index in [1.54, 1.807) is 24.3 Å². The first-order chi connectivity index (χ1) is 17.7. The van der Waals surface area contributed by atoms with Crippen LogP contribution < -0.4 is 16.4 Å².